The van der Waals surface area contributed by atoms with E-state index in [9.17, 15) is 5.11 Å². The lowest BCUT2D eigenvalue weighted by atomic mass is 9.88. The van der Waals surface area contributed by atoms with Crippen molar-refractivity contribution in [1.82, 2.24) is 5.32 Å². The van der Waals surface area contributed by atoms with Gasteiger partial charge in [-0.1, -0.05) is 43.6 Å². The molecule has 0 radical (unpaired) electrons. The molecule has 0 aliphatic rings. The smallest absolute Gasteiger partial charge is 0.0496 e. The van der Waals surface area contributed by atoms with E-state index < -0.39 is 0 Å². The molecule has 2 atom stereocenters. The molecular weight excluding hydrogens is 234 g/mol. The maximum absolute atomic E-state index is 9.36. The van der Waals surface area contributed by atoms with E-state index in [1.165, 1.54) is 0 Å². The van der Waals surface area contributed by atoms with Gasteiger partial charge in [-0.25, -0.2) is 0 Å². The average Bonchev–Trinajstić information content (AvgIpc) is 2.36. The van der Waals surface area contributed by atoms with Crippen LogP contribution in [0.1, 0.15) is 38.8 Å². The average molecular weight is 256 g/mol. The number of aliphatic hydroxyl groups is 1. The molecule has 1 aromatic carbocycles. The molecule has 1 rings (SSSR count). The zero-order valence-corrected chi connectivity index (χ0v) is 11.6. The van der Waals surface area contributed by atoms with E-state index in [0.717, 1.165) is 23.6 Å². The summed E-state index contributed by atoms with van der Waals surface area (Å²) >= 11 is 6.15. The van der Waals surface area contributed by atoms with Crippen molar-refractivity contribution >= 4 is 11.6 Å². The third-order valence-corrected chi connectivity index (χ3v) is 3.79. The van der Waals surface area contributed by atoms with Gasteiger partial charge < -0.3 is 10.4 Å². The fraction of sp³-hybridized carbons (Fsp3) is 0.571. The van der Waals surface area contributed by atoms with Crippen LogP contribution in [0.2, 0.25) is 5.02 Å². The highest BCUT2D eigenvalue weighted by Crippen LogP contribution is 2.24. The molecule has 96 valence electrons. The van der Waals surface area contributed by atoms with Gasteiger partial charge in [0.2, 0.25) is 0 Å². The van der Waals surface area contributed by atoms with Gasteiger partial charge in [-0.3, -0.25) is 0 Å². The standard InChI is InChI=1S/C14H22ClNO/c1-4-14(3,10-17)9-16-11(2)12-7-5-6-8-13(12)15/h5-8,11,16-17H,4,9-10H2,1-3H3. The third kappa shape index (κ3) is 3.98. The van der Waals surface area contributed by atoms with Crippen LogP contribution in [0.5, 0.6) is 0 Å². The van der Waals surface area contributed by atoms with Gasteiger partial charge in [0.25, 0.3) is 0 Å². The number of hydrogen-bond acceptors (Lipinski definition) is 2. The molecule has 2 nitrogen and oxygen atoms in total. The van der Waals surface area contributed by atoms with Crippen LogP contribution < -0.4 is 5.32 Å². The summed E-state index contributed by atoms with van der Waals surface area (Å²) in [6.45, 7) is 7.25. The highest BCUT2D eigenvalue weighted by molar-refractivity contribution is 6.31. The molecule has 2 unspecified atom stereocenters. The van der Waals surface area contributed by atoms with Crippen LogP contribution in [0, 0.1) is 5.41 Å². The normalized spacial score (nSPS) is 16.5. The Kier molecular flexibility index (Phi) is 5.44. The second kappa shape index (κ2) is 6.39. The summed E-state index contributed by atoms with van der Waals surface area (Å²) in [7, 11) is 0. The number of rotatable bonds is 6. The van der Waals surface area contributed by atoms with Gasteiger partial charge in [-0.05, 0) is 25.0 Å². The first-order chi connectivity index (χ1) is 8.02. The first-order valence-electron chi connectivity index (χ1n) is 6.11. The molecule has 0 aromatic heterocycles. The van der Waals surface area contributed by atoms with Gasteiger partial charge in [0, 0.05) is 29.6 Å². The van der Waals surface area contributed by atoms with Gasteiger partial charge in [0.1, 0.15) is 0 Å². The van der Waals surface area contributed by atoms with Gasteiger partial charge in [-0.15, -0.1) is 0 Å². The quantitative estimate of drug-likeness (QED) is 0.817. The van der Waals surface area contributed by atoms with E-state index >= 15 is 0 Å². The van der Waals surface area contributed by atoms with Crippen LogP contribution in [0.25, 0.3) is 0 Å². The van der Waals surface area contributed by atoms with Crippen molar-refractivity contribution in [3.05, 3.63) is 34.9 Å². The fourth-order valence-corrected chi connectivity index (χ4v) is 1.93. The van der Waals surface area contributed by atoms with Crippen molar-refractivity contribution in [1.29, 1.82) is 0 Å². The van der Waals surface area contributed by atoms with Crippen molar-refractivity contribution in [2.45, 2.75) is 33.2 Å². The predicted molar refractivity (Wildman–Crippen MR) is 73.4 cm³/mol. The van der Waals surface area contributed by atoms with Gasteiger partial charge in [-0.2, -0.15) is 0 Å². The second-order valence-electron chi connectivity index (χ2n) is 4.95. The molecule has 0 saturated carbocycles. The number of halogens is 1. The Morgan fingerprint density at radius 1 is 1.41 bits per heavy atom. The molecule has 0 fully saturated rings. The minimum Gasteiger partial charge on any atom is -0.396 e. The molecule has 0 bridgehead atoms. The molecule has 17 heavy (non-hydrogen) atoms. The van der Waals surface area contributed by atoms with E-state index in [0.29, 0.717) is 0 Å². The Balaban J connectivity index is 2.62. The van der Waals surface area contributed by atoms with E-state index in [-0.39, 0.29) is 18.1 Å². The Bertz CT molecular complexity index is 350. The summed E-state index contributed by atoms with van der Waals surface area (Å²) in [5, 5.41) is 13.6. The molecule has 0 aliphatic carbocycles. The van der Waals surface area contributed by atoms with E-state index in [1.54, 1.807) is 0 Å². The first-order valence-corrected chi connectivity index (χ1v) is 6.49. The fourth-order valence-electron chi connectivity index (χ4n) is 1.63. The maximum atomic E-state index is 9.36. The topological polar surface area (TPSA) is 32.3 Å². The Morgan fingerprint density at radius 3 is 2.59 bits per heavy atom. The molecule has 0 heterocycles. The van der Waals surface area contributed by atoms with Gasteiger partial charge >= 0.3 is 0 Å². The van der Waals surface area contributed by atoms with Crippen LogP contribution in [-0.4, -0.2) is 18.3 Å². The lowest BCUT2D eigenvalue weighted by Gasteiger charge is -2.28. The van der Waals surface area contributed by atoms with E-state index in [4.69, 9.17) is 11.6 Å². The predicted octanol–water partition coefficient (Wildman–Crippen LogP) is 3.40. The Labute approximate surface area is 109 Å². The summed E-state index contributed by atoms with van der Waals surface area (Å²) in [4.78, 5) is 0. The van der Waals surface area contributed by atoms with E-state index in [1.807, 2.05) is 24.3 Å². The number of hydrogen-bond donors (Lipinski definition) is 2. The SMILES string of the molecule is CCC(C)(CO)CNC(C)c1ccccc1Cl. The second-order valence-corrected chi connectivity index (χ2v) is 5.35. The maximum Gasteiger partial charge on any atom is 0.0496 e. The van der Waals surface area contributed by atoms with Crippen LogP contribution in [0.4, 0.5) is 0 Å². The third-order valence-electron chi connectivity index (χ3n) is 3.44. The van der Waals surface area contributed by atoms with Crippen molar-refractivity contribution in [3.63, 3.8) is 0 Å². The summed E-state index contributed by atoms with van der Waals surface area (Å²) in [5.41, 5.74) is 1.04. The molecule has 1 aromatic rings. The lowest BCUT2D eigenvalue weighted by Crippen LogP contribution is -2.35. The molecule has 0 aliphatic heterocycles. The molecule has 3 heteroatoms. The van der Waals surface area contributed by atoms with Crippen LogP contribution in [-0.2, 0) is 0 Å². The summed E-state index contributed by atoms with van der Waals surface area (Å²) in [6.07, 6.45) is 0.950. The van der Waals surface area contributed by atoms with Crippen molar-refractivity contribution in [2.24, 2.45) is 5.41 Å². The first kappa shape index (κ1) is 14.5. The molecular formula is C14H22ClNO. The van der Waals surface area contributed by atoms with Crippen LogP contribution in [0.3, 0.4) is 0 Å². The number of nitrogens with one attached hydrogen (secondary N) is 1. The van der Waals surface area contributed by atoms with Crippen molar-refractivity contribution < 1.29 is 5.11 Å². The van der Waals surface area contributed by atoms with Crippen molar-refractivity contribution in [2.75, 3.05) is 13.2 Å². The number of benzene rings is 1. The van der Waals surface area contributed by atoms with Gasteiger partial charge in [0.05, 0.1) is 0 Å². The largest absolute Gasteiger partial charge is 0.396 e. The van der Waals surface area contributed by atoms with E-state index in [2.05, 4.69) is 26.1 Å². The highest BCUT2D eigenvalue weighted by Gasteiger charge is 2.22. The zero-order chi connectivity index (χ0) is 12.9. The highest BCUT2D eigenvalue weighted by atomic mass is 35.5. The molecule has 0 amide bonds. The summed E-state index contributed by atoms with van der Waals surface area (Å²) < 4.78 is 0. The monoisotopic (exact) mass is 255 g/mol. The van der Waals surface area contributed by atoms with Crippen molar-refractivity contribution in [3.8, 4) is 0 Å². The molecule has 0 saturated heterocycles. The van der Waals surface area contributed by atoms with Crippen LogP contribution >= 0.6 is 11.6 Å². The summed E-state index contributed by atoms with van der Waals surface area (Å²) in [6, 6.07) is 8.05. The summed E-state index contributed by atoms with van der Waals surface area (Å²) in [5.74, 6) is 0. The Hall–Kier alpha value is -0.570. The Morgan fingerprint density at radius 2 is 2.06 bits per heavy atom. The molecule has 2 N–H and O–H groups in total. The van der Waals surface area contributed by atoms with Gasteiger partial charge in [0.15, 0.2) is 0 Å². The molecule has 0 spiro atoms. The number of aliphatic hydroxyl groups excluding tert-OH is 1. The lowest BCUT2D eigenvalue weighted by molar-refractivity contribution is 0.132. The van der Waals surface area contributed by atoms with Crippen LogP contribution in [0.15, 0.2) is 24.3 Å². The minimum atomic E-state index is -0.0600. The minimum absolute atomic E-state index is 0.0600. The zero-order valence-electron chi connectivity index (χ0n) is 10.8.